The van der Waals surface area contributed by atoms with Crippen LogP contribution in [0.3, 0.4) is 0 Å². The van der Waals surface area contributed by atoms with Crippen molar-refractivity contribution in [2.45, 2.75) is 57.5 Å². The second-order valence-electron chi connectivity index (χ2n) is 13.6. The van der Waals surface area contributed by atoms with E-state index in [0.29, 0.717) is 22.4 Å². The Kier molecular flexibility index (Phi) is 10.2. The summed E-state index contributed by atoms with van der Waals surface area (Å²) >= 11 is 0. The fraction of sp³-hybridized carbons (Fsp3) is 0.444. The molecule has 3 fully saturated rings. The van der Waals surface area contributed by atoms with E-state index in [4.69, 9.17) is 0 Å². The molecule has 1 aromatic heterocycles. The number of pyridine rings is 1. The zero-order valence-electron chi connectivity index (χ0n) is 29.2. The number of piperidine rings is 2. The van der Waals surface area contributed by atoms with Crippen LogP contribution < -0.4 is 25.8 Å². The van der Waals surface area contributed by atoms with Crippen molar-refractivity contribution < 1.29 is 45.5 Å². The molecule has 3 amide bonds. The third-order valence-corrected chi connectivity index (χ3v) is 10.2. The number of rotatable bonds is 7. The quantitative estimate of drug-likeness (QED) is 0.267. The van der Waals surface area contributed by atoms with Crippen LogP contribution >= 0.6 is 0 Å². The van der Waals surface area contributed by atoms with Gasteiger partial charge in [-0.05, 0) is 68.1 Å². The van der Waals surface area contributed by atoms with Crippen molar-refractivity contribution in [3.05, 3.63) is 75.5 Å². The number of carbonyl (C=O) groups is 3. The van der Waals surface area contributed by atoms with Gasteiger partial charge in [-0.3, -0.25) is 29.4 Å². The van der Waals surface area contributed by atoms with E-state index in [0.717, 1.165) is 17.0 Å². The standard InChI is InChI=1S/C36H38F6N6O5/c1-20-21(2)33(51)45(3)18-25(20)22-4-6-24(29(16-22)53-36(40,41)42)34(52)48-11-10-30(35(38,39)19-48)47-14-12-46(13-15-47)28-8-5-23(17-26(28)37)43-27-7-9-31(49)44-32(27)50/h4-6,8,16-18,27,30,43H,7,9-15,19H2,1-3H3,(H,44,49,50)/t27?,30-/m1/s1. The molecule has 284 valence electrons. The first-order valence-corrected chi connectivity index (χ1v) is 17.0. The van der Waals surface area contributed by atoms with Gasteiger partial charge in [-0.1, -0.05) is 6.07 Å². The molecule has 3 aromatic rings. The molecule has 0 bridgehead atoms. The van der Waals surface area contributed by atoms with E-state index in [9.17, 15) is 32.3 Å². The van der Waals surface area contributed by atoms with Crippen LogP contribution in [0.15, 0.2) is 47.4 Å². The molecule has 3 aliphatic heterocycles. The Hall–Kier alpha value is -5.06. The van der Waals surface area contributed by atoms with Gasteiger partial charge in [0.15, 0.2) is 0 Å². The van der Waals surface area contributed by atoms with Crippen LogP contribution in [0.1, 0.15) is 40.7 Å². The maximum atomic E-state index is 15.8. The molecule has 11 nitrogen and oxygen atoms in total. The van der Waals surface area contributed by atoms with Gasteiger partial charge in [0.25, 0.3) is 17.4 Å². The number of aromatic nitrogens is 1. The Bertz CT molecular complexity index is 1990. The Morgan fingerprint density at radius 1 is 0.962 bits per heavy atom. The van der Waals surface area contributed by atoms with Crippen LogP contribution in [0.25, 0.3) is 11.1 Å². The highest BCUT2D eigenvalue weighted by Gasteiger charge is 2.49. The summed E-state index contributed by atoms with van der Waals surface area (Å²) in [6.07, 6.45) is -3.45. The number of imide groups is 1. The first kappa shape index (κ1) is 37.7. The number of ether oxygens (including phenoxy) is 1. The molecule has 2 aromatic carbocycles. The van der Waals surface area contributed by atoms with Gasteiger partial charge < -0.3 is 24.4 Å². The molecule has 2 N–H and O–H groups in total. The lowest BCUT2D eigenvalue weighted by Gasteiger charge is -2.46. The van der Waals surface area contributed by atoms with Gasteiger partial charge in [-0.25, -0.2) is 13.2 Å². The first-order valence-electron chi connectivity index (χ1n) is 17.0. The predicted octanol–water partition coefficient (Wildman–Crippen LogP) is 4.60. The van der Waals surface area contributed by atoms with Crippen molar-refractivity contribution in [2.24, 2.45) is 7.05 Å². The molecule has 2 atom stereocenters. The van der Waals surface area contributed by atoms with Crippen molar-refractivity contribution in [1.29, 1.82) is 0 Å². The van der Waals surface area contributed by atoms with E-state index in [1.54, 1.807) is 29.7 Å². The van der Waals surface area contributed by atoms with E-state index >= 15 is 13.2 Å². The van der Waals surface area contributed by atoms with Crippen LogP contribution in [0.4, 0.5) is 37.7 Å². The molecule has 3 saturated heterocycles. The number of carbonyl (C=O) groups excluding carboxylic acids is 3. The summed E-state index contributed by atoms with van der Waals surface area (Å²) in [6.45, 7) is 2.83. The second kappa shape index (κ2) is 14.4. The summed E-state index contributed by atoms with van der Waals surface area (Å²) < 4.78 is 92.8. The highest BCUT2D eigenvalue weighted by atomic mass is 19.4. The van der Waals surface area contributed by atoms with Gasteiger partial charge in [0.05, 0.1) is 23.8 Å². The smallest absolute Gasteiger partial charge is 0.405 e. The second-order valence-corrected chi connectivity index (χ2v) is 13.6. The normalized spacial score (nSPS) is 21.0. The summed E-state index contributed by atoms with van der Waals surface area (Å²) in [5.74, 6) is -6.75. The van der Waals surface area contributed by atoms with E-state index < -0.39 is 59.9 Å². The van der Waals surface area contributed by atoms with Crippen molar-refractivity contribution in [1.82, 2.24) is 19.7 Å². The third-order valence-electron chi connectivity index (χ3n) is 10.2. The number of piperazine rings is 1. The monoisotopic (exact) mass is 748 g/mol. The molecule has 0 spiro atoms. The molecule has 4 heterocycles. The lowest BCUT2D eigenvalue weighted by molar-refractivity contribution is -0.274. The number of aryl methyl sites for hydroxylation is 1. The molecule has 0 aliphatic carbocycles. The lowest BCUT2D eigenvalue weighted by atomic mass is 9.96. The fourth-order valence-corrected chi connectivity index (χ4v) is 7.22. The fourth-order valence-electron chi connectivity index (χ4n) is 7.22. The number of nitrogens with one attached hydrogen (secondary N) is 2. The van der Waals surface area contributed by atoms with Gasteiger partial charge in [-0.2, -0.15) is 0 Å². The summed E-state index contributed by atoms with van der Waals surface area (Å²) in [5.41, 5.74) is 1.38. The average molecular weight is 749 g/mol. The molecule has 53 heavy (non-hydrogen) atoms. The number of nitrogens with zero attached hydrogens (tertiary/aromatic N) is 4. The Morgan fingerprint density at radius 2 is 1.68 bits per heavy atom. The van der Waals surface area contributed by atoms with Crippen LogP contribution in [-0.2, 0) is 16.6 Å². The van der Waals surface area contributed by atoms with Crippen LogP contribution in [0.5, 0.6) is 5.75 Å². The van der Waals surface area contributed by atoms with E-state index in [-0.39, 0.29) is 74.7 Å². The minimum atomic E-state index is -5.18. The zero-order valence-corrected chi connectivity index (χ0v) is 29.2. The molecule has 0 radical (unpaired) electrons. The highest BCUT2D eigenvalue weighted by Crippen LogP contribution is 2.37. The Balaban J connectivity index is 1.11. The molecular weight excluding hydrogens is 710 g/mol. The summed E-state index contributed by atoms with van der Waals surface area (Å²) in [6, 6.07) is 5.93. The van der Waals surface area contributed by atoms with Gasteiger partial charge in [0, 0.05) is 69.2 Å². The molecule has 17 heteroatoms. The van der Waals surface area contributed by atoms with Crippen molar-refractivity contribution >= 4 is 29.1 Å². The minimum absolute atomic E-state index is 0.151. The largest absolute Gasteiger partial charge is 0.573 e. The zero-order chi connectivity index (χ0) is 38.4. The molecule has 0 saturated carbocycles. The molecular formula is C36H38F6N6O5. The van der Waals surface area contributed by atoms with Gasteiger partial charge in [0.1, 0.15) is 17.6 Å². The van der Waals surface area contributed by atoms with Crippen molar-refractivity contribution in [3.63, 3.8) is 0 Å². The van der Waals surface area contributed by atoms with Gasteiger partial charge >= 0.3 is 6.36 Å². The maximum absolute atomic E-state index is 15.8. The van der Waals surface area contributed by atoms with Crippen molar-refractivity contribution in [2.75, 3.05) is 49.5 Å². The molecule has 3 aliphatic rings. The van der Waals surface area contributed by atoms with E-state index in [1.807, 2.05) is 0 Å². The van der Waals surface area contributed by atoms with E-state index in [1.165, 1.54) is 36.0 Å². The minimum Gasteiger partial charge on any atom is -0.405 e. The van der Waals surface area contributed by atoms with Gasteiger partial charge in [0.2, 0.25) is 11.8 Å². The summed E-state index contributed by atoms with van der Waals surface area (Å²) in [7, 11) is 1.50. The third kappa shape index (κ3) is 7.99. The highest BCUT2D eigenvalue weighted by molar-refractivity contribution is 6.01. The number of halogens is 6. The first-order chi connectivity index (χ1) is 24.9. The number of anilines is 2. The maximum Gasteiger partial charge on any atom is 0.573 e. The van der Waals surface area contributed by atoms with Crippen LogP contribution in [0.2, 0.25) is 0 Å². The Morgan fingerprint density at radius 3 is 2.32 bits per heavy atom. The number of hydrogen-bond donors (Lipinski definition) is 2. The molecule has 6 rings (SSSR count). The van der Waals surface area contributed by atoms with E-state index in [2.05, 4.69) is 15.4 Å². The predicted molar refractivity (Wildman–Crippen MR) is 183 cm³/mol. The number of likely N-dealkylation sites (tertiary alicyclic amines) is 1. The number of benzene rings is 2. The molecule has 1 unspecified atom stereocenters. The van der Waals surface area contributed by atoms with Crippen LogP contribution in [-0.4, -0.2) is 95.7 Å². The summed E-state index contributed by atoms with van der Waals surface area (Å²) in [4.78, 5) is 53.5. The average Bonchev–Trinajstić information content (AvgIpc) is 3.09. The SMILES string of the molecule is Cc1c(-c2ccc(C(=O)N3CC[C@@H](N4CCN(c5ccc(NC6CCC(=O)NC6=O)cc5F)CC4)C(F)(F)C3)c(OC(F)(F)F)c2)cn(C)c(=O)c1C. The lowest BCUT2D eigenvalue weighted by Crippen LogP contribution is -2.62. The topological polar surface area (TPSA) is 116 Å². The van der Waals surface area contributed by atoms with Crippen LogP contribution in [0, 0.1) is 19.7 Å². The summed E-state index contributed by atoms with van der Waals surface area (Å²) in [5, 5.41) is 5.15. The number of alkyl halides is 5. The van der Waals surface area contributed by atoms with Crippen molar-refractivity contribution in [3.8, 4) is 16.9 Å². The number of hydrogen-bond acceptors (Lipinski definition) is 8. The Labute approximate surface area is 300 Å². The van der Waals surface area contributed by atoms with Gasteiger partial charge in [-0.15, -0.1) is 13.2 Å². The number of amides is 3.